The molecule has 102 valence electrons. The molecule has 19 heavy (non-hydrogen) atoms. The van der Waals surface area contributed by atoms with Crippen molar-refractivity contribution in [2.75, 3.05) is 6.61 Å². The minimum Gasteiger partial charge on any atom is -0.466 e. The first-order chi connectivity index (χ1) is 9.22. The van der Waals surface area contributed by atoms with Gasteiger partial charge in [-0.25, -0.2) is 0 Å². The standard InChI is InChI=1S/C16H20O3/c1-2-19-15(17)9-5-7-13-11-10-12-6-3-4-8-14(12)16(13)18/h3-4,6,8,13H,2,5,7,9-11H2,1H3. The molecule has 1 aliphatic rings. The van der Waals surface area contributed by atoms with E-state index in [1.807, 2.05) is 24.3 Å². The van der Waals surface area contributed by atoms with Gasteiger partial charge in [0.2, 0.25) is 0 Å². The normalized spacial score (nSPS) is 17.9. The molecule has 0 saturated heterocycles. The average molecular weight is 260 g/mol. The number of fused-ring (bicyclic) bond motifs is 1. The van der Waals surface area contributed by atoms with Gasteiger partial charge >= 0.3 is 5.97 Å². The number of ketones is 1. The van der Waals surface area contributed by atoms with Gasteiger partial charge in [0.15, 0.2) is 5.78 Å². The van der Waals surface area contributed by atoms with Crippen molar-refractivity contribution in [3.63, 3.8) is 0 Å². The minimum atomic E-state index is -0.161. The van der Waals surface area contributed by atoms with Crippen LogP contribution in [-0.4, -0.2) is 18.4 Å². The van der Waals surface area contributed by atoms with Crippen LogP contribution in [0.2, 0.25) is 0 Å². The SMILES string of the molecule is CCOC(=O)CCCC1CCc2ccccc2C1=O. The van der Waals surface area contributed by atoms with Crippen LogP contribution in [0.1, 0.15) is 48.5 Å². The van der Waals surface area contributed by atoms with Gasteiger partial charge in [0.25, 0.3) is 0 Å². The summed E-state index contributed by atoms with van der Waals surface area (Å²) in [6.45, 7) is 2.23. The summed E-state index contributed by atoms with van der Waals surface area (Å²) in [6, 6.07) is 7.84. The largest absolute Gasteiger partial charge is 0.466 e. The van der Waals surface area contributed by atoms with Crippen molar-refractivity contribution in [2.24, 2.45) is 5.92 Å². The Hall–Kier alpha value is -1.64. The van der Waals surface area contributed by atoms with Crippen molar-refractivity contribution in [1.29, 1.82) is 0 Å². The summed E-state index contributed by atoms with van der Waals surface area (Å²) in [5.41, 5.74) is 2.03. The molecule has 0 heterocycles. The molecule has 0 fully saturated rings. The fourth-order valence-corrected chi connectivity index (χ4v) is 2.66. The molecule has 0 amide bonds. The summed E-state index contributed by atoms with van der Waals surface area (Å²) in [5, 5.41) is 0. The molecule has 1 unspecified atom stereocenters. The molecule has 0 aromatic heterocycles. The highest BCUT2D eigenvalue weighted by molar-refractivity contribution is 6.00. The first kappa shape index (κ1) is 13.8. The zero-order valence-electron chi connectivity index (χ0n) is 11.4. The number of esters is 1. The van der Waals surface area contributed by atoms with Gasteiger partial charge in [-0.3, -0.25) is 9.59 Å². The summed E-state index contributed by atoms with van der Waals surface area (Å²) < 4.78 is 4.89. The maximum Gasteiger partial charge on any atom is 0.305 e. The third-order valence-electron chi connectivity index (χ3n) is 3.65. The molecule has 0 radical (unpaired) electrons. The van der Waals surface area contributed by atoms with Crippen molar-refractivity contribution < 1.29 is 14.3 Å². The van der Waals surface area contributed by atoms with Gasteiger partial charge in [-0.2, -0.15) is 0 Å². The number of ether oxygens (including phenoxy) is 1. The monoisotopic (exact) mass is 260 g/mol. The van der Waals surface area contributed by atoms with E-state index in [0.29, 0.717) is 13.0 Å². The first-order valence-electron chi connectivity index (χ1n) is 7.00. The summed E-state index contributed by atoms with van der Waals surface area (Å²) in [6.07, 6.45) is 3.80. The molecular formula is C16H20O3. The Morgan fingerprint density at radius 1 is 1.37 bits per heavy atom. The highest BCUT2D eigenvalue weighted by Crippen LogP contribution is 2.28. The van der Waals surface area contributed by atoms with Gasteiger partial charge < -0.3 is 4.74 Å². The van der Waals surface area contributed by atoms with Crippen molar-refractivity contribution in [2.45, 2.75) is 39.0 Å². The Morgan fingerprint density at radius 3 is 2.95 bits per heavy atom. The van der Waals surface area contributed by atoms with E-state index in [-0.39, 0.29) is 17.7 Å². The number of rotatable bonds is 5. The van der Waals surface area contributed by atoms with E-state index in [1.165, 1.54) is 0 Å². The van der Waals surface area contributed by atoms with E-state index >= 15 is 0 Å². The van der Waals surface area contributed by atoms with Crippen LogP contribution < -0.4 is 0 Å². The predicted octanol–water partition coefficient (Wildman–Crippen LogP) is 3.17. The zero-order valence-corrected chi connectivity index (χ0v) is 11.4. The number of Topliss-reactive ketones (excluding diaryl/α,β-unsaturated/α-hetero) is 1. The van der Waals surface area contributed by atoms with Crippen LogP contribution in [0.5, 0.6) is 0 Å². The summed E-state index contributed by atoms with van der Waals surface area (Å²) in [5.74, 6) is 0.154. The van der Waals surface area contributed by atoms with E-state index in [2.05, 4.69) is 0 Å². The fraction of sp³-hybridized carbons (Fsp3) is 0.500. The van der Waals surface area contributed by atoms with Crippen molar-refractivity contribution in [3.05, 3.63) is 35.4 Å². The maximum atomic E-state index is 12.3. The Balaban J connectivity index is 1.87. The number of carbonyl (C=O) groups excluding carboxylic acids is 2. The number of hydrogen-bond donors (Lipinski definition) is 0. The Kier molecular flexibility index (Phi) is 4.72. The van der Waals surface area contributed by atoms with Crippen LogP contribution in [0.15, 0.2) is 24.3 Å². The summed E-state index contributed by atoms with van der Waals surface area (Å²) in [4.78, 5) is 23.6. The lowest BCUT2D eigenvalue weighted by atomic mass is 9.80. The molecule has 1 aromatic carbocycles. The third-order valence-corrected chi connectivity index (χ3v) is 3.65. The molecule has 0 N–H and O–H groups in total. The van der Waals surface area contributed by atoms with Gasteiger partial charge in [0, 0.05) is 17.9 Å². The summed E-state index contributed by atoms with van der Waals surface area (Å²) in [7, 11) is 0. The second-order valence-corrected chi connectivity index (χ2v) is 4.95. The molecule has 3 nitrogen and oxygen atoms in total. The zero-order chi connectivity index (χ0) is 13.7. The van der Waals surface area contributed by atoms with Crippen LogP contribution in [0.3, 0.4) is 0 Å². The van der Waals surface area contributed by atoms with Gasteiger partial charge in [-0.1, -0.05) is 24.3 Å². The number of hydrogen-bond acceptors (Lipinski definition) is 3. The van der Waals surface area contributed by atoms with E-state index in [1.54, 1.807) is 6.92 Å². The van der Waals surface area contributed by atoms with Gasteiger partial charge in [0.1, 0.15) is 0 Å². The van der Waals surface area contributed by atoms with Crippen LogP contribution in [-0.2, 0) is 16.0 Å². The Labute approximate surface area is 114 Å². The Morgan fingerprint density at radius 2 is 2.16 bits per heavy atom. The summed E-state index contributed by atoms with van der Waals surface area (Å²) >= 11 is 0. The second kappa shape index (κ2) is 6.50. The average Bonchev–Trinajstić information content (AvgIpc) is 2.42. The lowest BCUT2D eigenvalue weighted by molar-refractivity contribution is -0.143. The smallest absolute Gasteiger partial charge is 0.305 e. The van der Waals surface area contributed by atoms with E-state index in [9.17, 15) is 9.59 Å². The molecule has 3 heteroatoms. The van der Waals surface area contributed by atoms with E-state index in [4.69, 9.17) is 4.74 Å². The van der Waals surface area contributed by atoms with Gasteiger partial charge in [0.05, 0.1) is 6.61 Å². The molecule has 1 aliphatic carbocycles. The molecular weight excluding hydrogens is 240 g/mol. The fourth-order valence-electron chi connectivity index (χ4n) is 2.66. The van der Waals surface area contributed by atoms with Crippen molar-refractivity contribution in [1.82, 2.24) is 0 Å². The van der Waals surface area contributed by atoms with Crippen LogP contribution in [0, 0.1) is 5.92 Å². The topological polar surface area (TPSA) is 43.4 Å². The van der Waals surface area contributed by atoms with E-state index in [0.717, 1.165) is 36.8 Å². The molecule has 0 aliphatic heterocycles. The lowest BCUT2D eigenvalue weighted by Crippen LogP contribution is -2.22. The highest BCUT2D eigenvalue weighted by Gasteiger charge is 2.26. The van der Waals surface area contributed by atoms with Gasteiger partial charge in [-0.15, -0.1) is 0 Å². The molecule has 1 aromatic rings. The van der Waals surface area contributed by atoms with E-state index < -0.39 is 0 Å². The number of carbonyl (C=O) groups is 2. The Bertz CT molecular complexity index is 465. The molecule has 0 spiro atoms. The van der Waals surface area contributed by atoms with Crippen molar-refractivity contribution in [3.8, 4) is 0 Å². The quantitative estimate of drug-likeness (QED) is 0.764. The molecule has 2 rings (SSSR count). The number of aryl methyl sites for hydroxylation is 1. The third kappa shape index (κ3) is 3.43. The van der Waals surface area contributed by atoms with Crippen LogP contribution in [0.25, 0.3) is 0 Å². The lowest BCUT2D eigenvalue weighted by Gasteiger charge is -2.23. The van der Waals surface area contributed by atoms with Crippen molar-refractivity contribution >= 4 is 11.8 Å². The van der Waals surface area contributed by atoms with Gasteiger partial charge in [-0.05, 0) is 38.2 Å². The predicted molar refractivity (Wildman–Crippen MR) is 73.1 cm³/mol. The highest BCUT2D eigenvalue weighted by atomic mass is 16.5. The molecule has 0 bridgehead atoms. The maximum absolute atomic E-state index is 12.3. The first-order valence-corrected chi connectivity index (χ1v) is 7.00. The minimum absolute atomic E-state index is 0.0735. The van der Waals surface area contributed by atoms with Crippen LogP contribution >= 0.6 is 0 Å². The molecule has 1 atom stereocenters. The molecule has 0 saturated carbocycles. The second-order valence-electron chi connectivity index (χ2n) is 4.95. The van der Waals surface area contributed by atoms with Crippen LogP contribution in [0.4, 0.5) is 0 Å². The number of benzene rings is 1.